The highest BCUT2D eigenvalue weighted by Gasteiger charge is 2.52. The summed E-state index contributed by atoms with van der Waals surface area (Å²) < 4.78 is 25.9. The van der Waals surface area contributed by atoms with Gasteiger partial charge in [-0.05, 0) is 5.53 Å². The lowest BCUT2D eigenvalue weighted by molar-refractivity contribution is -0.271. The molecule has 166 valence electrons. The zero-order valence-electron chi connectivity index (χ0n) is 16.7. The molecule has 1 heterocycles. The number of nitrogens with one attached hydrogen (secondary N) is 1. The molecule has 14 nitrogen and oxygen atoms in total. The van der Waals surface area contributed by atoms with E-state index in [0.29, 0.717) is 0 Å². The first kappa shape index (κ1) is 24.7. The summed E-state index contributed by atoms with van der Waals surface area (Å²) in [5.41, 5.74) is 8.36. The maximum Gasteiger partial charge on any atom is 0.305 e. The first-order valence-electron chi connectivity index (χ1n) is 8.65. The lowest BCUT2D eigenvalue weighted by atomic mass is 9.96. The normalized spacial score (nSPS) is 25.1. The third-order valence-electron chi connectivity index (χ3n) is 3.59. The van der Waals surface area contributed by atoms with Crippen LogP contribution in [0.2, 0.25) is 0 Å². The van der Waals surface area contributed by atoms with Crippen molar-refractivity contribution >= 4 is 29.8 Å². The van der Waals surface area contributed by atoms with E-state index < -0.39 is 73.6 Å². The minimum absolute atomic E-state index is 0.428. The fourth-order valence-corrected chi connectivity index (χ4v) is 2.65. The van der Waals surface area contributed by atoms with Gasteiger partial charge in [0.25, 0.3) is 0 Å². The molecule has 0 aliphatic carbocycles. The second-order valence-corrected chi connectivity index (χ2v) is 6.09. The molecule has 30 heavy (non-hydrogen) atoms. The number of azide groups is 1. The summed E-state index contributed by atoms with van der Waals surface area (Å²) in [4.78, 5) is 60.5. The van der Waals surface area contributed by atoms with E-state index in [1.165, 1.54) is 0 Å². The highest BCUT2D eigenvalue weighted by Crippen LogP contribution is 2.28. The third-order valence-corrected chi connectivity index (χ3v) is 3.59. The molecule has 1 saturated heterocycles. The summed E-state index contributed by atoms with van der Waals surface area (Å²) in [6.07, 6.45) is -5.42. The number of carbonyl (C=O) groups excluding carboxylic acids is 5. The molecule has 0 bridgehead atoms. The number of amides is 1. The minimum Gasteiger partial charge on any atom is -0.463 e. The van der Waals surface area contributed by atoms with Gasteiger partial charge in [-0.2, -0.15) is 0 Å². The average Bonchev–Trinajstić information content (AvgIpc) is 2.62. The molecule has 0 unspecified atom stereocenters. The molecule has 14 heteroatoms. The second-order valence-electron chi connectivity index (χ2n) is 6.09. The third kappa shape index (κ3) is 7.93. The standard InChI is InChI=1S/C16H22N4O10/c1-7(21)26-6-11-14(27-8(2)22)15(28-9(3)23)13(16(30-11)29-10(4)24)19-12(25)5-18-20-17/h11,13-16H,5-6H2,1-4H3,(H,19,25)/t11-,13+,14-,15-,16+/m1/s1. The van der Waals surface area contributed by atoms with Crippen LogP contribution < -0.4 is 5.32 Å². The molecule has 1 fully saturated rings. The lowest BCUT2D eigenvalue weighted by Gasteiger charge is -2.44. The van der Waals surface area contributed by atoms with Gasteiger partial charge in [-0.25, -0.2) is 0 Å². The van der Waals surface area contributed by atoms with Gasteiger partial charge >= 0.3 is 23.9 Å². The molecule has 0 saturated carbocycles. The van der Waals surface area contributed by atoms with Crippen LogP contribution in [0.1, 0.15) is 27.7 Å². The van der Waals surface area contributed by atoms with E-state index in [4.69, 9.17) is 29.2 Å². The van der Waals surface area contributed by atoms with E-state index in [2.05, 4.69) is 15.3 Å². The van der Waals surface area contributed by atoms with Crippen LogP contribution in [0, 0.1) is 0 Å². The van der Waals surface area contributed by atoms with Gasteiger partial charge in [0.15, 0.2) is 12.2 Å². The summed E-state index contributed by atoms with van der Waals surface area (Å²) in [6.45, 7) is 3.32. The molecule has 1 aliphatic rings. The van der Waals surface area contributed by atoms with Gasteiger partial charge in [-0.1, -0.05) is 5.11 Å². The van der Waals surface area contributed by atoms with Gasteiger partial charge in [0.1, 0.15) is 25.3 Å². The van der Waals surface area contributed by atoms with Crippen molar-refractivity contribution in [3.8, 4) is 0 Å². The Bertz CT molecular complexity index is 736. The SMILES string of the molecule is CC(=O)OC[C@H]1O[C@H](OC(C)=O)[C@@H](NC(=O)CN=[N+]=[N-])[C@@H](OC(C)=O)[C@@H]1OC(C)=O. The number of esters is 4. The van der Waals surface area contributed by atoms with Crippen molar-refractivity contribution in [1.82, 2.24) is 5.32 Å². The molecule has 1 rings (SSSR count). The van der Waals surface area contributed by atoms with Crippen LogP contribution in [0.5, 0.6) is 0 Å². The van der Waals surface area contributed by atoms with Gasteiger partial charge in [-0.15, -0.1) is 0 Å². The molecule has 1 N–H and O–H groups in total. The van der Waals surface area contributed by atoms with Gasteiger partial charge in [0.2, 0.25) is 12.2 Å². The molecule has 0 aromatic carbocycles. The van der Waals surface area contributed by atoms with E-state index in [-0.39, 0.29) is 0 Å². The number of nitrogens with zero attached hydrogens (tertiary/aromatic N) is 3. The molecule has 1 aliphatic heterocycles. The average molecular weight is 430 g/mol. The number of rotatable bonds is 8. The predicted molar refractivity (Wildman–Crippen MR) is 94.1 cm³/mol. The number of carbonyl (C=O) groups is 5. The summed E-state index contributed by atoms with van der Waals surface area (Å²) in [7, 11) is 0. The Morgan fingerprint density at radius 2 is 1.50 bits per heavy atom. The summed E-state index contributed by atoms with van der Waals surface area (Å²) in [5.74, 6) is -3.86. The molecule has 0 aromatic rings. The van der Waals surface area contributed by atoms with Crippen molar-refractivity contribution in [3.05, 3.63) is 10.4 Å². The fourth-order valence-electron chi connectivity index (χ4n) is 2.65. The Morgan fingerprint density at radius 1 is 0.933 bits per heavy atom. The molecular formula is C16H22N4O10. The van der Waals surface area contributed by atoms with E-state index in [1.54, 1.807) is 0 Å². The van der Waals surface area contributed by atoms with Crippen LogP contribution in [-0.2, 0) is 47.7 Å². The molecule has 5 atom stereocenters. The first-order chi connectivity index (χ1) is 14.0. The van der Waals surface area contributed by atoms with E-state index in [1.807, 2.05) is 0 Å². The predicted octanol–water partition coefficient (Wildman–Crippen LogP) is -0.504. The Kier molecular flexibility index (Phi) is 9.52. The Hall–Kier alpha value is -3.38. The zero-order chi connectivity index (χ0) is 22.8. The molecule has 0 spiro atoms. The van der Waals surface area contributed by atoms with Crippen LogP contribution in [0.25, 0.3) is 10.4 Å². The summed E-state index contributed by atoms with van der Waals surface area (Å²) >= 11 is 0. The van der Waals surface area contributed by atoms with Crippen molar-refractivity contribution in [3.63, 3.8) is 0 Å². The van der Waals surface area contributed by atoms with Crippen molar-refractivity contribution in [2.75, 3.05) is 13.2 Å². The maximum atomic E-state index is 12.1. The van der Waals surface area contributed by atoms with Gasteiger partial charge in [0.05, 0.1) is 0 Å². The zero-order valence-corrected chi connectivity index (χ0v) is 16.7. The summed E-state index contributed by atoms with van der Waals surface area (Å²) in [6, 6.07) is -1.34. The van der Waals surface area contributed by atoms with Crippen LogP contribution in [0.3, 0.4) is 0 Å². The number of ether oxygens (including phenoxy) is 5. The van der Waals surface area contributed by atoms with Gasteiger partial charge < -0.3 is 29.0 Å². The van der Waals surface area contributed by atoms with Crippen molar-refractivity contribution in [2.24, 2.45) is 5.11 Å². The van der Waals surface area contributed by atoms with E-state index >= 15 is 0 Å². The van der Waals surface area contributed by atoms with E-state index in [9.17, 15) is 24.0 Å². The van der Waals surface area contributed by atoms with Crippen LogP contribution in [-0.4, -0.2) is 73.6 Å². The molecular weight excluding hydrogens is 408 g/mol. The van der Waals surface area contributed by atoms with Gasteiger partial charge in [-0.3, -0.25) is 24.0 Å². The van der Waals surface area contributed by atoms with Crippen LogP contribution in [0.15, 0.2) is 5.11 Å². The Labute approximate surface area is 170 Å². The lowest BCUT2D eigenvalue weighted by Crippen LogP contribution is -2.67. The minimum atomic E-state index is -1.51. The molecule has 1 amide bonds. The van der Waals surface area contributed by atoms with E-state index in [0.717, 1.165) is 27.7 Å². The first-order valence-corrected chi connectivity index (χ1v) is 8.65. The highest BCUT2D eigenvalue weighted by molar-refractivity contribution is 5.79. The number of hydrogen-bond acceptors (Lipinski definition) is 11. The monoisotopic (exact) mass is 430 g/mol. The molecule has 0 aromatic heterocycles. The van der Waals surface area contributed by atoms with Crippen molar-refractivity contribution < 1.29 is 47.7 Å². The Balaban J connectivity index is 3.33. The number of hydrogen-bond donors (Lipinski definition) is 1. The van der Waals surface area contributed by atoms with Crippen LogP contribution >= 0.6 is 0 Å². The smallest absolute Gasteiger partial charge is 0.305 e. The fraction of sp³-hybridized carbons (Fsp3) is 0.688. The largest absolute Gasteiger partial charge is 0.463 e. The summed E-state index contributed by atoms with van der Waals surface area (Å²) in [5, 5.41) is 5.48. The molecule has 0 radical (unpaired) electrons. The highest BCUT2D eigenvalue weighted by atomic mass is 16.7. The Morgan fingerprint density at radius 3 is 2.00 bits per heavy atom. The van der Waals surface area contributed by atoms with Crippen molar-refractivity contribution in [1.29, 1.82) is 0 Å². The topological polar surface area (TPSA) is 192 Å². The van der Waals surface area contributed by atoms with Crippen LogP contribution in [0.4, 0.5) is 0 Å². The maximum absolute atomic E-state index is 12.1. The van der Waals surface area contributed by atoms with Gasteiger partial charge in [0, 0.05) is 32.6 Å². The second kappa shape index (κ2) is 11.6. The van der Waals surface area contributed by atoms with Crippen molar-refractivity contribution in [2.45, 2.75) is 58.3 Å². The quantitative estimate of drug-likeness (QED) is 0.172.